The molecule has 126 valence electrons. The molecule has 8 unspecified atom stereocenters. The average molecular weight is 308 g/mol. The first kappa shape index (κ1) is 15.4. The summed E-state index contributed by atoms with van der Waals surface area (Å²) in [5, 5.41) is 19.9. The van der Waals surface area contributed by atoms with E-state index in [0.29, 0.717) is 12.0 Å². The number of likely N-dealkylation sites (tertiary alicyclic amines) is 1. The van der Waals surface area contributed by atoms with Crippen LogP contribution in [-0.4, -0.2) is 42.1 Å². The van der Waals surface area contributed by atoms with E-state index in [1.165, 1.54) is 45.1 Å². The van der Waals surface area contributed by atoms with Crippen LogP contribution in [-0.2, 0) is 0 Å². The molecule has 3 saturated carbocycles. The van der Waals surface area contributed by atoms with Gasteiger partial charge in [0.25, 0.3) is 0 Å². The summed E-state index contributed by atoms with van der Waals surface area (Å²) in [5.41, 5.74) is 0.697. The minimum Gasteiger partial charge on any atom is -0.393 e. The number of nitrogens with one attached hydrogen (secondary N) is 1. The number of aliphatic hydroxyl groups is 2. The molecule has 0 aromatic heterocycles. The average Bonchev–Trinajstić information content (AvgIpc) is 2.98. The summed E-state index contributed by atoms with van der Waals surface area (Å²) in [6.07, 6.45) is 8.86. The van der Waals surface area contributed by atoms with Gasteiger partial charge >= 0.3 is 0 Å². The first-order valence-electron chi connectivity index (χ1n) is 9.64. The highest BCUT2D eigenvalue weighted by Crippen LogP contribution is 2.63. The van der Waals surface area contributed by atoms with E-state index in [2.05, 4.69) is 13.8 Å². The summed E-state index contributed by atoms with van der Waals surface area (Å²) < 4.78 is 0. The van der Waals surface area contributed by atoms with E-state index in [1.807, 2.05) is 0 Å². The van der Waals surface area contributed by atoms with Gasteiger partial charge in [-0.15, -0.1) is 0 Å². The Bertz CT molecular complexity index is 441. The maximum Gasteiger partial charge on any atom is 0.101 e. The summed E-state index contributed by atoms with van der Waals surface area (Å²) in [6, 6.07) is 0.775. The van der Waals surface area contributed by atoms with Gasteiger partial charge in [-0.1, -0.05) is 13.8 Å². The van der Waals surface area contributed by atoms with Crippen LogP contribution in [0.15, 0.2) is 0 Å². The molecule has 0 aromatic carbocycles. The number of aliphatic hydroxyl groups excluding tert-OH is 2. The Morgan fingerprint density at radius 3 is 2.50 bits per heavy atom. The van der Waals surface area contributed by atoms with Crippen molar-refractivity contribution < 1.29 is 15.1 Å². The van der Waals surface area contributed by atoms with Crippen molar-refractivity contribution in [3.8, 4) is 0 Å². The molecule has 4 rings (SSSR count). The summed E-state index contributed by atoms with van der Waals surface area (Å²) in [4.78, 5) is 1.67. The highest BCUT2D eigenvalue weighted by Gasteiger charge is 2.62. The fourth-order valence-corrected chi connectivity index (χ4v) is 7.51. The van der Waals surface area contributed by atoms with Gasteiger partial charge in [0.2, 0.25) is 0 Å². The number of rotatable bonds is 2. The third-order valence-corrected chi connectivity index (χ3v) is 8.73. The first-order chi connectivity index (χ1) is 10.5. The van der Waals surface area contributed by atoms with Crippen molar-refractivity contribution in [2.45, 2.75) is 70.9 Å². The predicted molar refractivity (Wildman–Crippen MR) is 86.6 cm³/mol. The van der Waals surface area contributed by atoms with E-state index in [-0.39, 0.29) is 11.5 Å². The molecular weight excluding hydrogens is 274 g/mol. The minimum absolute atomic E-state index is 0.0518. The molecule has 3 nitrogen and oxygen atoms in total. The monoisotopic (exact) mass is 308 g/mol. The lowest BCUT2D eigenvalue weighted by Crippen LogP contribution is -3.15. The standard InChI is InChI=1S/C19H33NO2/c1-18-9-10-20(11-12-21)16(18)5-3-13-14-4-6-17(22)19(14,2)8-7-15(13)18/h13-17,21-22H,3-12H2,1-2H3/p+1. The van der Waals surface area contributed by atoms with Crippen LogP contribution in [0.2, 0.25) is 0 Å². The molecule has 8 atom stereocenters. The molecule has 1 aliphatic heterocycles. The Hall–Kier alpha value is -0.120. The van der Waals surface area contributed by atoms with Gasteiger partial charge in [-0.25, -0.2) is 0 Å². The van der Waals surface area contributed by atoms with E-state index in [9.17, 15) is 10.2 Å². The van der Waals surface area contributed by atoms with Crippen LogP contribution in [0.3, 0.4) is 0 Å². The van der Waals surface area contributed by atoms with Gasteiger partial charge in [0.15, 0.2) is 0 Å². The van der Waals surface area contributed by atoms with Crippen molar-refractivity contribution >= 4 is 0 Å². The summed E-state index contributed by atoms with van der Waals surface area (Å²) >= 11 is 0. The second-order valence-corrected chi connectivity index (χ2v) is 9.28. The van der Waals surface area contributed by atoms with E-state index in [1.54, 1.807) is 4.90 Å². The predicted octanol–water partition coefficient (Wildman–Crippen LogP) is 1.24. The van der Waals surface area contributed by atoms with Gasteiger partial charge in [-0.2, -0.15) is 0 Å². The maximum absolute atomic E-state index is 10.5. The van der Waals surface area contributed by atoms with Crippen molar-refractivity contribution in [3.05, 3.63) is 0 Å². The molecule has 22 heavy (non-hydrogen) atoms. The van der Waals surface area contributed by atoms with E-state index < -0.39 is 0 Å². The van der Waals surface area contributed by atoms with Gasteiger partial charge in [-0.05, 0) is 55.3 Å². The molecule has 0 bridgehead atoms. The SMILES string of the molecule is CC12CCC3C(CCC4[NH+](CCO)CCC34C)C1CCC2O. The second-order valence-electron chi connectivity index (χ2n) is 9.28. The lowest BCUT2D eigenvalue weighted by atomic mass is 9.49. The number of hydrogen-bond acceptors (Lipinski definition) is 2. The molecule has 4 fully saturated rings. The zero-order valence-corrected chi connectivity index (χ0v) is 14.4. The third-order valence-electron chi connectivity index (χ3n) is 8.73. The van der Waals surface area contributed by atoms with Crippen molar-refractivity contribution in [1.82, 2.24) is 0 Å². The van der Waals surface area contributed by atoms with E-state index in [4.69, 9.17) is 0 Å². The van der Waals surface area contributed by atoms with Crippen molar-refractivity contribution in [2.24, 2.45) is 28.6 Å². The Balaban J connectivity index is 1.60. The lowest BCUT2D eigenvalue weighted by molar-refractivity contribution is -0.918. The summed E-state index contributed by atoms with van der Waals surface area (Å²) in [7, 11) is 0. The van der Waals surface area contributed by atoms with Gasteiger partial charge < -0.3 is 15.1 Å². The molecule has 0 amide bonds. The van der Waals surface area contributed by atoms with Gasteiger partial charge in [0.1, 0.15) is 6.54 Å². The Morgan fingerprint density at radius 1 is 0.955 bits per heavy atom. The zero-order valence-electron chi connectivity index (χ0n) is 14.4. The number of fused-ring (bicyclic) bond motifs is 5. The van der Waals surface area contributed by atoms with Crippen molar-refractivity contribution in [2.75, 3.05) is 19.7 Å². The molecular formula is C19H34NO2+. The van der Waals surface area contributed by atoms with Crippen molar-refractivity contribution in [3.63, 3.8) is 0 Å². The molecule has 3 aliphatic carbocycles. The van der Waals surface area contributed by atoms with Gasteiger partial charge in [-0.3, -0.25) is 0 Å². The van der Waals surface area contributed by atoms with Crippen LogP contribution >= 0.6 is 0 Å². The second kappa shape index (κ2) is 5.19. The van der Waals surface area contributed by atoms with Crippen LogP contribution in [0.5, 0.6) is 0 Å². The van der Waals surface area contributed by atoms with Gasteiger partial charge in [0, 0.05) is 18.3 Å². The lowest BCUT2D eigenvalue weighted by Gasteiger charge is -2.56. The highest BCUT2D eigenvalue weighted by molar-refractivity contribution is 5.09. The van der Waals surface area contributed by atoms with E-state index in [0.717, 1.165) is 36.8 Å². The Kier molecular flexibility index (Phi) is 3.63. The fourth-order valence-electron chi connectivity index (χ4n) is 7.51. The van der Waals surface area contributed by atoms with Crippen LogP contribution in [0.1, 0.15) is 58.8 Å². The van der Waals surface area contributed by atoms with Crippen molar-refractivity contribution in [1.29, 1.82) is 0 Å². The van der Waals surface area contributed by atoms with Gasteiger partial charge in [0.05, 0.1) is 25.3 Å². The molecule has 4 aliphatic rings. The van der Waals surface area contributed by atoms with Crippen LogP contribution < -0.4 is 4.90 Å². The summed E-state index contributed by atoms with van der Waals surface area (Å²) in [6.45, 7) is 7.47. The molecule has 3 heteroatoms. The fraction of sp³-hybridized carbons (Fsp3) is 1.00. The van der Waals surface area contributed by atoms with Crippen LogP contribution in [0, 0.1) is 28.6 Å². The highest BCUT2D eigenvalue weighted by atomic mass is 16.3. The zero-order chi connectivity index (χ0) is 15.5. The molecule has 1 heterocycles. The quantitative estimate of drug-likeness (QED) is 0.719. The number of hydrogen-bond donors (Lipinski definition) is 3. The summed E-state index contributed by atoms with van der Waals surface area (Å²) in [5.74, 6) is 2.48. The smallest absolute Gasteiger partial charge is 0.101 e. The largest absolute Gasteiger partial charge is 0.393 e. The van der Waals surface area contributed by atoms with Crippen LogP contribution in [0.25, 0.3) is 0 Å². The first-order valence-corrected chi connectivity index (χ1v) is 9.64. The number of quaternary nitrogens is 1. The molecule has 0 spiro atoms. The Labute approximate surface area is 135 Å². The topological polar surface area (TPSA) is 44.9 Å². The normalized spacial score (nSPS) is 57.3. The Morgan fingerprint density at radius 2 is 1.73 bits per heavy atom. The molecule has 0 aromatic rings. The van der Waals surface area contributed by atoms with Crippen LogP contribution in [0.4, 0.5) is 0 Å². The van der Waals surface area contributed by atoms with E-state index >= 15 is 0 Å². The molecule has 1 saturated heterocycles. The third kappa shape index (κ3) is 1.91. The molecule has 3 N–H and O–H groups in total. The molecule has 0 radical (unpaired) electrons. The maximum atomic E-state index is 10.5. The minimum atomic E-state index is -0.0518.